The Labute approximate surface area is 117 Å². The SMILES string of the molecule is CCC(N)CN1C(=O)NC(c2ccc(OC)cc2)C1=O. The van der Waals surface area contributed by atoms with E-state index in [2.05, 4.69) is 5.32 Å². The molecule has 6 heteroatoms. The van der Waals surface area contributed by atoms with Gasteiger partial charge in [0.25, 0.3) is 5.91 Å². The second kappa shape index (κ2) is 5.92. The summed E-state index contributed by atoms with van der Waals surface area (Å²) in [6.45, 7) is 2.16. The maximum absolute atomic E-state index is 12.3. The maximum atomic E-state index is 12.3. The van der Waals surface area contributed by atoms with E-state index in [1.54, 1.807) is 31.4 Å². The molecule has 1 aromatic carbocycles. The Kier molecular flexibility index (Phi) is 4.24. The lowest BCUT2D eigenvalue weighted by Crippen LogP contribution is -2.41. The fourth-order valence-corrected chi connectivity index (χ4v) is 2.08. The zero-order valence-electron chi connectivity index (χ0n) is 11.6. The summed E-state index contributed by atoms with van der Waals surface area (Å²) < 4.78 is 5.07. The minimum absolute atomic E-state index is 0.195. The fraction of sp³-hybridized carbons (Fsp3) is 0.429. The summed E-state index contributed by atoms with van der Waals surface area (Å²) in [5.74, 6) is 0.444. The maximum Gasteiger partial charge on any atom is 0.325 e. The number of nitrogens with one attached hydrogen (secondary N) is 1. The van der Waals surface area contributed by atoms with Gasteiger partial charge in [-0.2, -0.15) is 0 Å². The zero-order chi connectivity index (χ0) is 14.7. The van der Waals surface area contributed by atoms with Crippen LogP contribution in [-0.4, -0.2) is 36.5 Å². The van der Waals surface area contributed by atoms with Gasteiger partial charge in [-0.25, -0.2) is 4.79 Å². The number of carbonyl (C=O) groups is 2. The van der Waals surface area contributed by atoms with Gasteiger partial charge in [-0.1, -0.05) is 19.1 Å². The summed E-state index contributed by atoms with van der Waals surface area (Å²) in [6, 6.07) is 5.83. The van der Waals surface area contributed by atoms with Crippen LogP contribution in [0.1, 0.15) is 24.9 Å². The highest BCUT2D eigenvalue weighted by Crippen LogP contribution is 2.24. The van der Waals surface area contributed by atoms with Crippen molar-refractivity contribution < 1.29 is 14.3 Å². The number of nitrogens with zero attached hydrogens (tertiary/aromatic N) is 1. The van der Waals surface area contributed by atoms with Crippen molar-refractivity contribution in [2.75, 3.05) is 13.7 Å². The minimum atomic E-state index is -0.641. The normalized spacial score (nSPS) is 19.9. The molecule has 0 aliphatic carbocycles. The van der Waals surface area contributed by atoms with Crippen LogP contribution in [-0.2, 0) is 4.79 Å². The number of hydrogen-bond donors (Lipinski definition) is 2. The van der Waals surface area contributed by atoms with E-state index in [1.807, 2.05) is 6.92 Å². The van der Waals surface area contributed by atoms with Crippen LogP contribution < -0.4 is 15.8 Å². The second-order valence-corrected chi connectivity index (χ2v) is 4.77. The lowest BCUT2D eigenvalue weighted by Gasteiger charge is -2.17. The van der Waals surface area contributed by atoms with Gasteiger partial charge in [0.15, 0.2) is 0 Å². The van der Waals surface area contributed by atoms with Gasteiger partial charge in [-0.3, -0.25) is 9.69 Å². The Morgan fingerprint density at radius 1 is 1.35 bits per heavy atom. The van der Waals surface area contributed by atoms with Crippen LogP contribution in [0.5, 0.6) is 5.75 Å². The van der Waals surface area contributed by atoms with Crippen LogP contribution in [0.2, 0.25) is 0 Å². The second-order valence-electron chi connectivity index (χ2n) is 4.77. The van der Waals surface area contributed by atoms with Crippen molar-refractivity contribution >= 4 is 11.9 Å². The monoisotopic (exact) mass is 277 g/mol. The third-order valence-electron chi connectivity index (χ3n) is 3.42. The van der Waals surface area contributed by atoms with Crippen LogP contribution in [0.15, 0.2) is 24.3 Å². The Morgan fingerprint density at radius 3 is 2.55 bits per heavy atom. The lowest BCUT2D eigenvalue weighted by atomic mass is 10.1. The molecule has 0 saturated carbocycles. The molecule has 20 heavy (non-hydrogen) atoms. The molecule has 108 valence electrons. The average molecular weight is 277 g/mol. The Hall–Kier alpha value is -2.08. The minimum Gasteiger partial charge on any atom is -0.497 e. The lowest BCUT2D eigenvalue weighted by molar-refractivity contribution is -0.127. The van der Waals surface area contributed by atoms with Crippen LogP contribution >= 0.6 is 0 Å². The molecule has 0 spiro atoms. The molecule has 3 N–H and O–H groups in total. The van der Waals surface area contributed by atoms with E-state index in [-0.39, 0.29) is 24.5 Å². The molecule has 1 heterocycles. The standard InChI is InChI=1S/C14H19N3O3/c1-3-10(15)8-17-13(18)12(16-14(17)19)9-4-6-11(20-2)7-5-9/h4-7,10,12H,3,8,15H2,1-2H3,(H,16,19). The van der Waals surface area contributed by atoms with Gasteiger partial charge >= 0.3 is 6.03 Å². The molecular weight excluding hydrogens is 258 g/mol. The van der Waals surface area contributed by atoms with E-state index in [4.69, 9.17) is 10.5 Å². The zero-order valence-corrected chi connectivity index (χ0v) is 11.6. The first kappa shape index (κ1) is 14.3. The molecule has 1 aliphatic rings. The molecule has 1 fully saturated rings. The molecule has 0 radical (unpaired) electrons. The Bertz CT molecular complexity index is 501. The van der Waals surface area contributed by atoms with Crippen molar-refractivity contribution in [2.45, 2.75) is 25.4 Å². The van der Waals surface area contributed by atoms with Gasteiger partial charge in [0, 0.05) is 12.6 Å². The predicted molar refractivity (Wildman–Crippen MR) is 74.2 cm³/mol. The van der Waals surface area contributed by atoms with E-state index in [9.17, 15) is 9.59 Å². The molecule has 2 rings (SSSR count). The topological polar surface area (TPSA) is 84.7 Å². The predicted octanol–water partition coefficient (Wildman–Crippen LogP) is 1.03. The van der Waals surface area contributed by atoms with Gasteiger partial charge in [0.1, 0.15) is 11.8 Å². The summed E-state index contributed by atoms with van der Waals surface area (Å²) in [5.41, 5.74) is 6.54. The molecule has 2 unspecified atom stereocenters. The number of ether oxygens (including phenoxy) is 1. The van der Waals surface area contributed by atoms with E-state index in [1.165, 1.54) is 4.90 Å². The first-order chi connectivity index (χ1) is 9.56. The molecule has 3 amide bonds. The number of amides is 3. The highest BCUT2D eigenvalue weighted by molar-refractivity contribution is 6.04. The number of imide groups is 1. The van der Waals surface area contributed by atoms with Crippen molar-refractivity contribution in [3.63, 3.8) is 0 Å². The summed E-state index contributed by atoms with van der Waals surface area (Å²) in [7, 11) is 1.57. The van der Waals surface area contributed by atoms with E-state index < -0.39 is 6.04 Å². The summed E-state index contributed by atoms with van der Waals surface area (Å²) in [5, 5.41) is 2.68. The Balaban J connectivity index is 2.14. The number of benzene rings is 1. The van der Waals surface area contributed by atoms with Crippen molar-refractivity contribution in [3.8, 4) is 5.75 Å². The number of methoxy groups -OCH3 is 1. The van der Waals surface area contributed by atoms with E-state index in [0.717, 1.165) is 5.56 Å². The first-order valence-electron chi connectivity index (χ1n) is 6.58. The third kappa shape index (κ3) is 2.75. The molecule has 1 aliphatic heterocycles. The van der Waals surface area contributed by atoms with Crippen molar-refractivity contribution in [1.82, 2.24) is 10.2 Å². The van der Waals surface area contributed by atoms with Crippen LogP contribution in [0.4, 0.5) is 4.79 Å². The summed E-state index contributed by atoms with van der Waals surface area (Å²) >= 11 is 0. The van der Waals surface area contributed by atoms with E-state index >= 15 is 0 Å². The molecule has 0 aromatic heterocycles. The van der Waals surface area contributed by atoms with Crippen molar-refractivity contribution in [3.05, 3.63) is 29.8 Å². The van der Waals surface area contributed by atoms with Crippen LogP contribution in [0.25, 0.3) is 0 Å². The smallest absolute Gasteiger partial charge is 0.325 e. The number of hydrogen-bond acceptors (Lipinski definition) is 4. The molecule has 0 bridgehead atoms. The highest BCUT2D eigenvalue weighted by Gasteiger charge is 2.39. The molecule has 6 nitrogen and oxygen atoms in total. The quantitative estimate of drug-likeness (QED) is 0.787. The van der Waals surface area contributed by atoms with Crippen LogP contribution in [0, 0.1) is 0 Å². The fourth-order valence-electron chi connectivity index (χ4n) is 2.08. The largest absolute Gasteiger partial charge is 0.497 e. The third-order valence-corrected chi connectivity index (χ3v) is 3.42. The van der Waals surface area contributed by atoms with Gasteiger partial charge in [0.2, 0.25) is 0 Å². The van der Waals surface area contributed by atoms with Gasteiger partial charge in [0.05, 0.1) is 7.11 Å². The summed E-state index contributed by atoms with van der Waals surface area (Å²) in [4.78, 5) is 25.3. The molecule has 1 aromatic rings. The van der Waals surface area contributed by atoms with Gasteiger partial charge < -0.3 is 15.8 Å². The van der Waals surface area contributed by atoms with Crippen molar-refractivity contribution in [2.24, 2.45) is 5.73 Å². The van der Waals surface area contributed by atoms with E-state index in [0.29, 0.717) is 12.2 Å². The Morgan fingerprint density at radius 2 is 2.00 bits per heavy atom. The summed E-state index contributed by atoms with van der Waals surface area (Å²) in [6.07, 6.45) is 0.713. The number of rotatable bonds is 5. The van der Waals surface area contributed by atoms with Crippen molar-refractivity contribution in [1.29, 1.82) is 0 Å². The van der Waals surface area contributed by atoms with Crippen LogP contribution in [0.3, 0.4) is 0 Å². The molecular formula is C14H19N3O3. The first-order valence-corrected chi connectivity index (χ1v) is 6.58. The average Bonchev–Trinajstić information content (AvgIpc) is 2.75. The number of nitrogens with two attached hydrogens (primary N) is 1. The molecule has 1 saturated heterocycles. The number of urea groups is 1. The van der Waals surface area contributed by atoms with Gasteiger partial charge in [-0.05, 0) is 24.1 Å². The van der Waals surface area contributed by atoms with Gasteiger partial charge in [-0.15, -0.1) is 0 Å². The molecule has 2 atom stereocenters. The number of carbonyl (C=O) groups excluding carboxylic acids is 2. The highest BCUT2D eigenvalue weighted by atomic mass is 16.5.